The summed E-state index contributed by atoms with van der Waals surface area (Å²) in [6.07, 6.45) is 0.881. The maximum atomic E-state index is 12.0. The second-order valence-electron chi connectivity index (χ2n) is 3.86. The number of aryl methyl sites for hydroxylation is 1. The summed E-state index contributed by atoms with van der Waals surface area (Å²) in [7, 11) is 0. The first-order chi connectivity index (χ1) is 9.01. The first-order valence-corrected chi connectivity index (χ1v) is 7.16. The van der Waals surface area contributed by atoms with Crippen molar-refractivity contribution in [1.29, 1.82) is 0 Å². The van der Waals surface area contributed by atoms with Gasteiger partial charge in [-0.3, -0.25) is 4.79 Å². The minimum atomic E-state index is -0.293. The number of thiophene rings is 1. The van der Waals surface area contributed by atoms with Crippen LogP contribution in [0.3, 0.4) is 0 Å². The molecule has 6 heteroatoms. The molecule has 0 saturated heterocycles. The van der Waals surface area contributed by atoms with Crippen LogP contribution in [-0.2, 0) is 6.42 Å². The zero-order chi connectivity index (χ0) is 14.0. The average Bonchev–Trinajstić information content (AvgIpc) is 2.84. The zero-order valence-electron chi connectivity index (χ0n) is 10.0. The lowest BCUT2D eigenvalue weighted by Crippen LogP contribution is -2.10. The largest absolute Gasteiger partial charge is 0.504 e. The molecule has 0 aliphatic heterocycles. The van der Waals surface area contributed by atoms with Crippen LogP contribution in [0.2, 0.25) is 10.0 Å². The zero-order valence-corrected chi connectivity index (χ0v) is 12.4. The fraction of sp³-hybridized carbons (Fsp3) is 0.154. The molecule has 1 amide bonds. The molecule has 2 N–H and O–H groups in total. The number of rotatable bonds is 3. The van der Waals surface area contributed by atoms with E-state index in [0.29, 0.717) is 9.90 Å². The number of benzene rings is 1. The third-order valence-corrected chi connectivity index (χ3v) is 4.24. The van der Waals surface area contributed by atoms with Gasteiger partial charge in [-0.25, -0.2) is 0 Å². The summed E-state index contributed by atoms with van der Waals surface area (Å²) in [5.74, 6) is -0.481. The van der Waals surface area contributed by atoms with Crippen LogP contribution in [0.1, 0.15) is 21.5 Å². The monoisotopic (exact) mass is 315 g/mol. The topological polar surface area (TPSA) is 49.3 Å². The Morgan fingerprint density at radius 1 is 1.37 bits per heavy atom. The molecule has 0 aliphatic carbocycles. The van der Waals surface area contributed by atoms with Crippen molar-refractivity contribution in [3.05, 3.63) is 44.1 Å². The number of aromatic hydroxyl groups is 1. The van der Waals surface area contributed by atoms with E-state index in [9.17, 15) is 9.90 Å². The maximum absolute atomic E-state index is 12.0. The lowest BCUT2D eigenvalue weighted by molar-refractivity contribution is 0.103. The molecule has 0 radical (unpaired) electrons. The smallest absolute Gasteiger partial charge is 0.265 e. The van der Waals surface area contributed by atoms with Gasteiger partial charge in [-0.1, -0.05) is 30.1 Å². The van der Waals surface area contributed by atoms with E-state index in [1.165, 1.54) is 23.5 Å². The summed E-state index contributed by atoms with van der Waals surface area (Å²) in [6, 6.07) is 6.52. The second-order valence-corrected chi connectivity index (χ2v) is 5.87. The lowest BCUT2D eigenvalue weighted by Gasteiger charge is -2.08. The van der Waals surface area contributed by atoms with Crippen LogP contribution in [0, 0.1) is 0 Å². The number of halogens is 2. The minimum absolute atomic E-state index is 0.100. The van der Waals surface area contributed by atoms with Crippen molar-refractivity contribution in [1.82, 2.24) is 0 Å². The molecule has 0 saturated carbocycles. The Hall–Kier alpha value is -1.23. The van der Waals surface area contributed by atoms with Crippen LogP contribution in [0.15, 0.2) is 24.3 Å². The van der Waals surface area contributed by atoms with E-state index in [2.05, 4.69) is 5.32 Å². The van der Waals surface area contributed by atoms with Crippen molar-refractivity contribution in [2.75, 3.05) is 5.32 Å². The highest BCUT2D eigenvalue weighted by Crippen LogP contribution is 2.35. The Balaban J connectivity index is 2.23. The van der Waals surface area contributed by atoms with Crippen LogP contribution in [-0.4, -0.2) is 11.0 Å². The second kappa shape index (κ2) is 5.82. The molecule has 2 rings (SSSR count). The fourth-order valence-electron chi connectivity index (χ4n) is 1.54. The third-order valence-electron chi connectivity index (χ3n) is 2.51. The van der Waals surface area contributed by atoms with E-state index in [4.69, 9.17) is 23.2 Å². The Kier molecular flexibility index (Phi) is 4.34. The molecule has 0 bridgehead atoms. The molecule has 1 aromatic heterocycles. The van der Waals surface area contributed by atoms with Gasteiger partial charge in [0.25, 0.3) is 5.91 Å². The lowest BCUT2D eigenvalue weighted by atomic mass is 10.3. The van der Waals surface area contributed by atoms with Crippen LogP contribution in [0.4, 0.5) is 5.69 Å². The van der Waals surface area contributed by atoms with E-state index in [-0.39, 0.29) is 22.4 Å². The number of phenols is 1. The summed E-state index contributed by atoms with van der Waals surface area (Å²) in [5.41, 5.74) is 0.203. The normalized spacial score (nSPS) is 10.5. The number of carbonyl (C=O) groups is 1. The van der Waals surface area contributed by atoms with Gasteiger partial charge < -0.3 is 10.4 Å². The fourth-order valence-corrected chi connectivity index (χ4v) is 2.87. The Morgan fingerprint density at radius 2 is 2.11 bits per heavy atom. The predicted molar refractivity (Wildman–Crippen MR) is 79.8 cm³/mol. The van der Waals surface area contributed by atoms with Gasteiger partial charge in [-0.15, -0.1) is 11.3 Å². The number of amides is 1. The molecule has 0 atom stereocenters. The first kappa shape index (κ1) is 14.2. The third kappa shape index (κ3) is 3.21. The Morgan fingerprint density at radius 3 is 2.74 bits per heavy atom. The number of phenolic OH excluding ortho intramolecular Hbond substituents is 1. The number of hydrogen-bond acceptors (Lipinski definition) is 3. The quantitative estimate of drug-likeness (QED) is 0.815. The van der Waals surface area contributed by atoms with Crippen molar-refractivity contribution >= 4 is 46.1 Å². The molecule has 3 nitrogen and oxygen atoms in total. The SMILES string of the molecule is CCc1ccc(C(=O)Nc2cc(Cl)cc(Cl)c2O)s1. The van der Waals surface area contributed by atoms with Crippen molar-refractivity contribution in [3.63, 3.8) is 0 Å². The van der Waals surface area contributed by atoms with Gasteiger partial charge in [0.15, 0.2) is 5.75 Å². The number of carbonyl (C=O) groups excluding carboxylic acids is 1. The van der Waals surface area contributed by atoms with Gasteiger partial charge in [0.05, 0.1) is 15.6 Å². The van der Waals surface area contributed by atoms with Crippen molar-refractivity contribution in [2.24, 2.45) is 0 Å². The molecule has 0 fully saturated rings. The van der Waals surface area contributed by atoms with Crippen LogP contribution in [0.5, 0.6) is 5.75 Å². The molecule has 0 aliphatic rings. The molecule has 1 heterocycles. The summed E-state index contributed by atoms with van der Waals surface area (Å²) in [6.45, 7) is 2.02. The number of anilines is 1. The average molecular weight is 316 g/mol. The van der Waals surface area contributed by atoms with Gasteiger partial charge in [0.2, 0.25) is 0 Å². The van der Waals surface area contributed by atoms with E-state index >= 15 is 0 Å². The molecular weight excluding hydrogens is 305 g/mol. The van der Waals surface area contributed by atoms with Gasteiger partial charge in [0, 0.05) is 9.90 Å². The van der Waals surface area contributed by atoms with E-state index < -0.39 is 0 Å². The summed E-state index contributed by atoms with van der Waals surface area (Å²) in [5, 5.41) is 12.8. The molecular formula is C13H11Cl2NO2S. The minimum Gasteiger partial charge on any atom is -0.504 e. The van der Waals surface area contributed by atoms with Gasteiger partial charge in [-0.2, -0.15) is 0 Å². The molecule has 0 spiro atoms. The van der Waals surface area contributed by atoms with Crippen molar-refractivity contribution < 1.29 is 9.90 Å². The van der Waals surface area contributed by atoms with Crippen molar-refractivity contribution in [2.45, 2.75) is 13.3 Å². The molecule has 0 unspecified atom stereocenters. The predicted octanol–water partition coefficient (Wildman–Crippen LogP) is 4.58. The molecule has 1 aromatic carbocycles. The first-order valence-electron chi connectivity index (χ1n) is 5.59. The van der Waals surface area contributed by atoms with Crippen LogP contribution in [0.25, 0.3) is 0 Å². The molecule has 100 valence electrons. The number of nitrogens with one attached hydrogen (secondary N) is 1. The van der Waals surface area contributed by atoms with Crippen LogP contribution < -0.4 is 5.32 Å². The maximum Gasteiger partial charge on any atom is 0.265 e. The van der Waals surface area contributed by atoms with Crippen LogP contribution >= 0.6 is 34.5 Å². The molecule has 19 heavy (non-hydrogen) atoms. The number of hydrogen-bond donors (Lipinski definition) is 2. The van der Waals surface area contributed by atoms with Gasteiger partial charge in [-0.05, 0) is 30.7 Å². The standard InChI is InChI=1S/C13H11Cl2NO2S/c1-2-8-3-4-11(19-8)13(18)16-10-6-7(14)5-9(15)12(10)17/h3-6,17H,2H2,1H3,(H,16,18). The van der Waals surface area contributed by atoms with E-state index in [1.807, 2.05) is 13.0 Å². The Bertz CT molecular complexity index is 625. The van der Waals surface area contributed by atoms with Gasteiger partial charge >= 0.3 is 0 Å². The highest BCUT2D eigenvalue weighted by Gasteiger charge is 2.13. The highest BCUT2D eigenvalue weighted by molar-refractivity contribution is 7.14. The summed E-state index contributed by atoms with van der Waals surface area (Å²) >= 11 is 13.0. The van der Waals surface area contributed by atoms with Crippen molar-refractivity contribution in [3.8, 4) is 5.75 Å². The van der Waals surface area contributed by atoms with E-state index in [1.54, 1.807) is 6.07 Å². The summed E-state index contributed by atoms with van der Waals surface area (Å²) < 4.78 is 0. The summed E-state index contributed by atoms with van der Waals surface area (Å²) in [4.78, 5) is 13.7. The highest BCUT2D eigenvalue weighted by atomic mass is 35.5. The van der Waals surface area contributed by atoms with Gasteiger partial charge in [0.1, 0.15) is 0 Å². The van der Waals surface area contributed by atoms with E-state index in [0.717, 1.165) is 11.3 Å². The Labute approximate surface area is 124 Å². The molecule has 2 aromatic rings.